The lowest BCUT2D eigenvalue weighted by atomic mass is 10.1. The monoisotopic (exact) mass is 373 g/mol. The number of nitrogens with one attached hydrogen (secondary N) is 4. The van der Waals surface area contributed by atoms with Gasteiger partial charge in [0.15, 0.2) is 11.2 Å². The maximum Gasteiger partial charge on any atom is 0.279 e. The smallest absolute Gasteiger partial charge is 0.279 e. The molecule has 8 heteroatoms. The van der Waals surface area contributed by atoms with E-state index in [4.69, 9.17) is 28.6 Å². The van der Waals surface area contributed by atoms with Crippen LogP contribution in [-0.2, 0) is 4.79 Å². The first kappa shape index (κ1) is 20.5. The fraction of sp³-hybridized carbons (Fsp3) is 0.500. The number of ether oxygens (including phenoxy) is 1. The predicted octanol–water partition coefficient (Wildman–Crippen LogP) is 0.364. The van der Waals surface area contributed by atoms with E-state index in [-0.39, 0.29) is 5.91 Å². The Balaban J connectivity index is 2.47. The van der Waals surface area contributed by atoms with E-state index in [2.05, 4.69) is 30.3 Å². The summed E-state index contributed by atoms with van der Waals surface area (Å²) in [7, 11) is 4.11. The van der Waals surface area contributed by atoms with Crippen molar-refractivity contribution in [1.82, 2.24) is 16.2 Å². The Morgan fingerprint density at radius 3 is 2.42 bits per heavy atom. The van der Waals surface area contributed by atoms with Gasteiger partial charge < -0.3 is 15.0 Å². The average Bonchev–Trinajstić information content (AvgIpc) is 2.47. The number of amides is 1. The lowest BCUT2D eigenvalue weighted by Gasteiger charge is -2.19. The lowest BCUT2D eigenvalue weighted by molar-refractivity contribution is -0.856. The van der Waals surface area contributed by atoms with Crippen molar-refractivity contribution in [3.05, 3.63) is 28.3 Å². The van der Waals surface area contributed by atoms with Crippen molar-refractivity contribution in [3.63, 3.8) is 0 Å². The van der Waals surface area contributed by atoms with E-state index in [1.807, 2.05) is 13.8 Å². The number of hydrogen-bond donors (Lipinski definition) is 4. The maximum atomic E-state index is 12.1. The standard InChI is InChI=1S/C16H25ClN4O2S/c1-10-8-13(17)9-11(2)14(10)23-12(3)15(22)19-20-16(24)18-6-7-21(4)5/h8-9,12H,6-7H2,1-5H3,(H,19,22)(H2,18,20,24)/p+1/t12-/m1/s1. The number of hydrazine groups is 1. The number of benzene rings is 1. The Labute approximate surface area is 153 Å². The summed E-state index contributed by atoms with van der Waals surface area (Å²) in [5.41, 5.74) is 6.98. The van der Waals surface area contributed by atoms with Crippen LogP contribution in [0.5, 0.6) is 5.75 Å². The lowest BCUT2D eigenvalue weighted by Crippen LogP contribution is -3.06. The summed E-state index contributed by atoms with van der Waals surface area (Å²) in [5.74, 6) is 0.350. The molecule has 0 spiro atoms. The second-order valence-corrected chi connectivity index (χ2v) is 6.80. The average molecular weight is 374 g/mol. The molecule has 0 aliphatic rings. The van der Waals surface area contributed by atoms with E-state index in [1.165, 1.54) is 4.90 Å². The largest absolute Gasteiger partial charge is 0.480 e. The zero-order valence-electron chi connectivity index (χ0n) is 14.7. The first-order valence-corrected chi connectivity index (χ1v) is 8.55. The minimum atomic E-state index is -0.676. The molecule has 0 heterocycles. The number of thiocarbonyl (C=S) groups is 1. The third kappa shape index (κ3) is 6.90. The van der Waals surface area contributed by atoms with Crippen molar-refractivity contribution in [2.24, 2.45) is 0 Å². The van der Waals surface area contributed by atoms with Crippen molar-refractivity contribution in [3.8, 4) is 5.75 Å². The van der Waals surface area contributed by atoms with Crippen molar-refractivity contribution in [2.75, 3.05) is 27.2 Å². The molecule has 0 fully saturated rings. The van der Waals surface area contributed by atoms with Crippen LogP contribution in [0.3, 0.4) is 0 Å². The SMILES string of the molecule is Cc1cc(Cl)cc(C)c1O[C@H](C)C(=O)NNC(=S)NCC[NH+](C)C. The summed E-state index contributed by atoms with van der Waals surface area (Å²) in [5, 5.41) is 4.03. The summed E-state index contributed by atoms with van der Waals surface area (Å²) in [6.07, 6.45) is -0.676. The van der Waals surface area contributed by atoms with Crippen molar-refractivity contribution < 1.29 is 14.4 Å². The molecule has 134 valence electrons. The quantitative estimate of drug-likeness (QED) is 0.428. The van der Waals surface area contributed by atoms with Gasteiger partial charge in [0.1, 0.15) is 5.75 Å². The number of carbonyl (C=O) groups excluding carboxylic acids is 1. The van der Waals surface area contributed by atoms with Gasteiger partial charge >= 0.3 is 0 Å². The molecule has 0 aliphatic heterocycles. The summed E-state index contributed by atoms with van der Waals surface area (Å²) in [6.45, 7) is 7.10. The molecule has 1 amide bonds. The highest BCUT2D eigenvalue weighted by atomic mass is 35.5. The zero-order valence-corrected chi connectivity index (χ0v) is 16.3. The normalized spacial score (nSPS) is 11.8. The minimum Gasteiger partial charge on any atom is -0.480 e. The Morgan fingerprint density at radius 1 is 1.29 bits per heavy atom. The van der Waals surface area contributed by atoms with Crippen LogP contribution in [0, 0.1) is 13.8 Å². The molecular weight excluding hydrogens is 348 g/mol. The Kier molecular flexibility index (Phi) is 8.24. The molecule has 4 N–H and O–H groups in total. The van der Waals surface area contributed by atoms with Gasteiger partial charge in [-0.1, -0.05) is 11.6 Å². The highest BCUT2D eigenvalue weighted by Crippen LogP contribution is 2.27. The summed E-state index contributed by atoms with van der Waals surface area (Å²) in [6, 6.07) is 3.61. The highest BCUT2D eigenvalue weighted by molar-refractivity contribution is 7.80. The topological polar surface area (TPSA) is 66.8 Å². The Bertz CT molecular complexity index is 572. The van der Waals surface area contributed by atoms with Crippen LogP contribution in [0.4, 0.5) is 0 Å². The molecule has 0 bridgehead atoms. The van der Waals surface area contributed by atoms with E-state index < -0.39 is 6.10 Å². The fourth-order valence-corrected chi connectivity index (χ4v) is 2.48. The van der Waals surface area contributed by atoms with E-state index >= 15 is 0 Å². The second kappa shape index (κ2) is 9.66. The van der Waals surface area contributed by atoms with Gasteiger partial charge in [-0.3, -0.25) is 15.6 Å². The molecule has 0 aromatic heterocycles. The van der Waals surface area contributed by atoms with Crippen molar-refractivity contribution in [2.45, 2.75) is 26.9 Å². The van der Waals surface area contributed by atoms with Crippen LogP contribution >= 0.6 is 23.8 Å². The van der Waals surface area contributed by atoms with Crippen molar-refractivity contribution in [1.29, 1.82) is 0 Å². The molecule has 1 atom stereocenters. The van der Waals surface area contributed by atoms with Gasteiger partial charge in [0.2, 0.25) is 0 Å². The van der Waals surface area contributed by atoms with Crippen LogP contribution in [0.1, 0.15) is 18.1 Å². The third-order valence-corrected chi connectivity index (χ3v) is 3.76. The number of quaternary nitrogens is 1. The first-order chi connectivity index (χ1) is 11.2. The molecule has 0 unspecified atom stereocenters. The van der Waals surface area contributed by atoms with Gasteiger partial charge in [-0.05, 0) is 56.2 Å². The van der Waals surface area contributed by atoms with Gasteiger partial charge in [-0.15, -0.1) is 0 Å². The molecule has 0 saturated heterocycles. The molecule has 1 aromatic carbocycles. The maximum absolute atomic E-state index is 12.1. The van der Waals surface area contributed by atoms with Crippen LogP contribution in [-0.4, -0.2) is 44.3 Å². The van der Waals surface area contributed by atoms with E-state index in [0.29, 0.717) is 15.9 Å². The number of halogens is 1. The molecule has 24 heavy (non-hydrogen) atoms. The van der Waals surface area contributed by atoms with Gasteiger partial charge in [0, 0.05) is 5.02 Å². The summed E-state index contributed by atoms with van der Waals surface area (Å²) >= 11 is 11.1. The minimum absolute atomic E-state index is 0.314. The number of hydrogen-bond acceptors (Lipinski definition) is 3. The predicted molar refractivity (Wildman–Crippen MR) is 101 cm³/mol. The second-order valence-electron chi connectivity index (χ2n) is 5.96. The fourth-order valence-electron chi connectivity index (χ4n) is 2.00. The van der Waals surface area contributed by atoms with E-state index in [1.54, 1.807) is 19.1 Å². The third-order valence-electron chi connectivity index (χ3n) is 3.30. The molecule has 1 rings (SSSR count). The Hall–Kier alpha value is -1.57. The number of rotatable bonds is 6. The van der Waals surface area contributed by atoms with Gasteiger partial charge in [-0.2, -0.15) is 0 Å². The molecule has 0 saturated carbocycles. The van der Waals surface area contributed by atoms with E-state index in [0.717, 1.165) is 24.2 Å². The molecule has 0 aliphatic carbocycles. The van der Waals surface area contributed by atoms with Gasteiger partial charge in [0.05, 0.1) is 27.2 Å². The number of likely N-dealkylation sites (N-methyl/N-ethyl adjacent to an activating group) is 1. The van der Waals surface area contributed by atoms with Crippen LogP contribution in [0.2, 0.25) is 5.02 Å². The number of carbonyl (C=O) groups is 1. The Morgan fingerprint density at radius 2 is 1.88 bits per heavy atom. The molecule has 1 aromatic rings. The van der Waals surface area contributed by atoms with Crippen LogP contribution in [0.25, 0.3) is 0 Å². The highest BCUT2D eigenvalue weighted by Gasteiger charge is 2.17. The molecule has 6 nitrogen and oxygen atoms in total. The van der Waals surface area contributed by atoms with Crippen molar-refractivity contribution >= 4 is 34.8 Å². The molecule has 0 radical (unpaired) electrons. The molecular formula is C16H26ClN4O2S+. The zero-order chi connectivity index (χ0) is 18.3. The summed E-state index contributed by atoms with van der Waals surface area (Å²) < 4.78 is 5.76. The van der Waals surface area contributed by atoms with Gasteiger partial charge in [-0.25, -0.2) is 0 Å². The van der Waals surface area contributed by atoms with Crippen LogP contribution < -0.4 is 25.8 Å². The van der Waals surface area contributed by atoms with Crippen LogP contribution in [0.15, 0.2) is 12.1 Å². The van der Waals surface area contributed by atoms with E-state index in [9.17, 15) is 4.79 Å². The summed E-state index contributed by atoms with van der Waals surface area (Å²) in [4.78, 5) is 13.4. The first-order valence-electron chi connectivity index (χ1n) is 7.76. The van der Waals surface area contributed by atoms with Gasteiger partial charge in [0.25, 0.3) is 5.91 Å². The number of aryl methyl sites for hydroxylation is 2.